The molecular weight excluding hydrogens is 164 g/mol. The number of aryl methyl sites for hydroxylation is 1. The SMILES string of the molecule is Cc1noc(-c2cnsn2)n1. The second-order valence-electron chi connectivity index (χ2n) is 1.94. The van der Waals surface area contributed by atoms with E-state index in [2.05, 4.69) is 18.9 Å². The van der Waals surface area contributed by atoms with Crippen LogP contribution < -0.4 is 0 Å². The van der Waals surface area contributed by atoms with Crippen molar-refractivity contribution < 1.29 is 4.52 Å². The molecule has 5 nitrogen and oxygen atoms in total. The molecule has 0 bridgehead atoms. The van der Waals surface area contributed by atoms with E-state index in [4.69, 9.17) is 4.52 Å². The molecule has 0 spiro atoms. The summed E-state index contributed by atoms with van der Waals surface area (Å²) >= 11 is 1.12. The topological polar surface area (TPSA) is 64.7 Å². The van der Waals surface area contributed by atoms with E-state index in [1.54, 1.807) is 13.1 Å². The van der Waals surface area contributed by atoms with Crippen molar-refractivity contribution in [3.8, 4) is 11.6 Å². The van der Waals surface area contributed by atoms with E-state index >= 15 is 0 Å². The summed E-state index contributed by atoms with van der Waals surface area (Å²) in [7, 11) is 0. The number of nitrogens with zero attached hydrogens (tertiary/aromatic N) is 4. The molecular formula is C5H4N4OS. The van der Waals surface area contributed by atoms with E-state index in [1.807, 2.05) is 0 Å². The van der Waals surface area contributed by atoms with Gasteiger partial charge in [0.15, 0.2) is 11.5 Å². The van der Waals surface area contributed by atoms with Gasteiger partial charge in [-0.3, -0.25) is 0 Å². The Hall–Kier alpha value is -1.30. The lowest BCUT2D eigenvalue weighted by Crippen LogP contribution is -1.75. The van der Waals surface area contributed by atoms with Crippen LogP contribution in [-0.2, 0) is 0 Å². The highest BCUT2D eigenvalue weighted by Crippen LogP contribution is 2.13. The van der Waals surface area contributed by atoms with Crippen molar-refractivity contribution in [3.63, 3.8) is 0 Å². The largest absolute Gasteiger partial charge is 0.332 e. The van der Waals surface area contributed by atoms with E-state index < -0.39 is 0 Å². The minimum Gasteiger partial charge on any atom is -0.332 e. The minimum absolute atomic E-state index is 0.427. The Kier molecular flexibility index (Phi) is 1.39. The number of rotatable bonds is 1. The third-order valence-electron chi connectivity index (χ3n) is 1.11. The summed E-state index contributed by atoms with van der Waals surface area (Å²) < 4.78 is 12.6. The Bertz CT molecular complexity index is 341. The van der Waals surface area contributed by atoms with Gasteiger partial charge in [-0.15, -0.1) is 0 Å². The molecule has 0 N–H and O–H groups in total. The molecule has 2 aromatic heterocycles. The van der Waals surface area contributed by atoms with Crippen LogP contribution >= 0.6 is 11.7 Å². The van der Waals surface area contributed by atoms with Crippen molar-refractivity contribution in [1.82, 2.24) is 18.9 Å². The van der Waals surface area contributed by atoms with Gasteiger partial charge in [-0.1, -0.05) is 5.16 Å². The van der Waals surface area contributed by atoms with Crippen molar-refractivity contribution in [1.29, 1.82) is 0 Å². The maximum atomic E-state index is 4.85. The molecule has 0 fully saturated rings. The van der Waals surface area contributed by atoms with E-state index in [9.17, 15) is 0 Å². The van der Waals surface area contributed by atoms with Gasteiger partial charge in [0.1, 0.15) is 0 Å². The normalized spacial score (nSPS) is 10.3. The number of aromatic nitrogens is 4. The zero-order valence-electron chi connectivity index (χ0n) is 5.68. The predicted molar refractivity (Wildman–Crippen MR) is 37.9 cm³/mol. The van der Waals surface area contributed by atoms with Crippen molar-refractivity contribution >= 4 is 11.7 Å². The molecule has 0 aliphatic carbocycles. The van der Waals surface area contributed by atoms with E-state index in [0.717, 1.165) is 11.7 Å². The Morgan fingerprint density at radius 2 is 2.45 bits per heavy atom. The summed E-state index contributed by atoms with van der Waals surface area (Å²) in [6.45, 7) is 1.76. The van der Waals surface area contributed by atoms with Crippen LogP contribution in [0.15, 0.2) is 10.7 Å². The second-order valence-corrected chi connectivity index (χ2v) is 2.50. The van der Waals surface area contributed by atoms with E-state index in [0.29, 0.717) is 17.4 Å². The minimum atomic E-state index is 0.427. The van der Waals surface area contributed by atoms with Gasteiger partial charge in [0.05, 0.1) is 17.9 Å². The summed E-state index contributed by atoms with van der Waals surface area (Å²) in [5, 5.41) is 3.62. The second kappa shape index (κ2) is 2.39. The fourth-order valence-electron chi connectivity index (χ4n) is 0.660. The van der Waals surface area contributed by atoms with Crippen molar-refractivity contribution in [2.24, 2.45) is 0 Å². The molecule has 2 rings (SSSR count). The molecule has 0 radical (unpaired) electrons. The van der Waals surface area contributed by atoms with Gasteiger partial charge in [0.25, 0.3) is 5.89 Å². The van der Waals surface area contributed by atoms with Crippen molar-refractivity contribution in [2.45, 2.75) is 6.92 Å². The van der Waals surface area contributed by atoms with Gasteiger partial charge in [-0.2, -0.15) is 13.7 Å². The lowest BCUT2D eigenvalue weighted by molar-refractivity contribution is 0.424. The fourth-order valence-corrected chi connectivity index (χ4v) is 1.07. The van der Waals surface area contributed by atoms with Gasteiger partial charge in [0.2, 0.25) is 0 Å². The van der Waals surface area contributed by atoms with Crippen LogP contribution in [-0.4, -0.2) is 18.9 Å². The highest BCUT2D eigenvalue weighted by atomic mass is 32.1. The molecule has 0 amide bonds. The molecule has 11 heavy (non-hydrogen) atoms. The Morgan fingerprint density at radius 1 is 1.55 bits per heavy atom. The predicted octanol–water partition coefficient (Wildman–Crippen LogP) is 0.897. The maximum Gasteiger partial charge on any atom is 0.279 e. The first-order chi connectivity index (χ1) is 5.36. The van der Waals surface area contributed by atoms with Gasteiger partial charge < -0.3 is 4.52 Å². The molecule has 0 atom stereocenters. The van der Waals surface area contributed by atoms with Crippen molar-refractivity contribution in [2.75, 3.05) is 0 Å². The standard InChI is InChI=1S/C5H4N4OS/c1-3-7-5(10-8-3)4-2-6-11-9-4/h2H,1H3. The van der Waals surface area contributed by atoms with Crippen LogP contribution in [0.25, 0.3) is 11.6 Å². The Balaban J connectivity index is 2.45. The third-order valence-corrected chi connectivity index (χ3v) is 1.59. The highest BCUT2D eigenvalue weighted by molar-refractivity contribution is 6.99. The first kappa shape index (κ1) is 6.41. The van der Waals surface area contributed by atoms with Crippen LogP contribution in [0.1, 0.15) is 5.82 Å². The van der Waals surface area contributed by atoms with E-state index in [-0.39, 0.29) is 0 Å². The smallest absolute Gasteiger partial charge is 0.279 e. The number of hydrogen-bond donors (Lipinski definition) is 0. The van der Waals surface area contributed by atoms with Crippen LogP contribution in [0.5, 0.6) is 0 Å². The average Bonchev–Trinajstić information content (AvgIpc) is 2.55. The molecule has 0 aromatic carbocycles. The summed E-state index contributed by atoms with van der Waals surface area (Å²) in [6, 6.07) is 0. The summed E-state index contributed by atoms with van der Waals surface area (Å²) in [5.41, 5.74) is 0.635. The van der Waals surface area contributed by atoms with E-state index in [1.165, 1.54) is 0 Å². The maximum absolute atomic E-state index is 4.85. The Labute approximate surface area is 66.4 Å². The zero-order chi connectivity index (χ0) is 7.68. The van der Waals surface area contributed by atoms with Crippen LogP contribution in [0.3, 0.4) is 0 Å². The zero-order valence-corrected chi connectivity index (χ0v) is 6.50. The fraction of sp³-hybridized carbons (Fsp3) is 0.200. The molecule has 6 heteroatoms. The first-order valence-corrected chi connectivity index (χ1v) is 3.67. The van der Waals surface area contributed by atoms with Gasteiger partial charge >= 0.3 is 0 Å². The lowest BCUT2D eigenvalue weighted by Gasteiger charge is -1.78. The number of hydrogen-bond acceptors (Lipinski definition) is 6. The molecule has 0 aliphatic heterocycles. The van der Waals surface area contributed by atoms with Gasteiger partial charge in [-0.05, 0) is 6.92 Å². The van der Waals surface area contributed by atoms with Crippen LogP contribution in [0, 0.1) is 6.92 Å². The van der Waals surface area contributed by atoms with Crippen LogP contribution in [0.2, 0.25) is 0 Å². The molecule has 2 heterocycles. The highest BCUT2D eigenvalue weighted by Gasteiger charge is 2.07. The van der Waals surface area contributed by atoms with Gasteiger partial charge in [-0.25, -0.2) is 0 Å². The lowest BCUT2D eigenvalue weighted by atomic mass is 10.5. The van der Waals surface area contributed by atoms with Crippen molar-refractivity contribution in [3.05, 3.63) is 12.0 Å². The summed E-state index contributed by atoms with van der Waals surface area (Å²) in [5.74, 6) is 1.03. The average molecular weight is 168 g/mol. The van der Waals surface area contributed by atoms with Crippen LogP contribution in [0.4, 0.5) is 0 Å². The first-order valence-electron chi connectivity index (χ1n) is 2.94. The molecule has 0 saturated heterocycles. The molecule has 2 aromatic rings. The molecule has 0 aliphatic rings. The van der Waals surface area contributed by atoms with Gasteiger partial charge in [0, 0.05) is 0 Å². The molecule has 0 unspecified atom stereocenters. The quantitative estimate of drug-likeness (QED) is 0.632. The monoisotopic (exact) mass is 168 g/mol. The summed E-state index contributed by atoms with van der Waals surface area (Å²) in [6.07, 6.45) is 1.59. The molecule has 0 saturated carbocycles. The Morgan fingerprint density at radius 3 is 3.00 bits per heavy atom. The third kappa shape index (κ3) is 1.12. The molecule has 56 valence electrons. The summed E-state index contributed by atoms with van der Waals surface area (Å²) in [4.78, 5) is 3.98.